The van der Waals surface area contributed by atoms with Crippen LogP contribution in [0.25, 0.3) is 10.6 Å². The van der Waals surface area contributed by atoms with Crippen LogP contribution >= 0.6 is 34.5 Å². The summed E-state index contributed by atoms with van der Waals surface area (Å²) in [7, 11) is 0. The van der Waals surface area contributed by atoms with Gasteiger partial charge in [0.15, 0.2) is 0 Å². The number of carbonyl (C=O) groups is 1. The first-order chi connectivity index (χ1) is 9.40. The number of hydrogen-bond acceptors (Lipinski definition) is 3. The molecule has 20 heavy (non-hydrogen) atoms. The van der Waals surface area contributed by atoms with Crippen molar-refractivity contribution in [2.45, 2.75) is 20.3 Å². The quantitative estimate of drug-likeness (QED) is 0.857. The van der Waals surface area contributed by atoms with Gasteiger partial charge in [0, 0.05) is 5.56 Å². The second kappa shape index (κ2) is 6.12. The van der Waals surface area contributed by atoms with Crippen LogP contribution in [0.1, 0.15) is 29.2 Å². The third kappa shape index (κ3) is 3.14. The van der Waals surface area contributed by atoms with Gasteiger partial charge in [0.1, 0.15) is 9.88 Å². The predicted octanol–water partition coefficient (Wildman–Crippen LogP) is 5.01. The normalized spacial score (nSPS) is 11.1. The lowest BCUT2D eigenvalue weighted by atomic mass is 10.1. The molecule has 0 saturated heterocycles. The molecule has 2 rings (SSSR count). The first kappa shape index (κ1) is 15.3. The fourth-order valence-electron chi connectivity index (χ4n) is 1.85. The van der Waals surface area contributed by atoms with E-state index in [-0.39, 0.29) is 4.88 Å². The standard InChI is InChI=1S/C14H13Cl2NO2S/c1-7(2)6-10-12(14(18)19)20-13(17-10)11-8(15)4-3-5-9(11)16/h3-5,7H,6H2,1-2H3,(H,18,19). The smallest absolute Gasteiger partial charge is 0.347 e. The zero-order valence-corrected chi connectivity index (χ0v) is 13.3. The molecule has 1 heterocycles. The van der Waals surface area contributed by atoms with E-state index in [4.69, 9.17) is 23.2 Å². The molecule has 0 fully saturated rings. The minimum Gasteiger partial charge on any atom is -0.477 e. The zero-order valence-electron chi connectivity index (χ0n) is 11.0. The summed E-state index contributed by atoms with van der Waals surface area (Å²) in [4.78, 5) is 16.0. The fourth-order valence-corrected chi connectivity index (χ4v) is 3.55. The van der Waals surface area contributed by atoms with Gasteiger partial charge in [-0.1, -0.05) is 43.1 Å². The van der Waals surface area contributed by atoms with Crippen LogP contribution in [0.2, 0.25) is 10.0 Å². The minimum atomic E-state index is -0.965. The number of hydrogen-bond donors (Lipinski definition) is 1. The molecule has 0 bridgehead atoms. The minimum absolute atomic E-state index is 0.254. The van der Waals surface area contributed by atoms with E-state index >= 15 is 0 Å². The van der Waals surface area contributed by atoms with Crippen molar-refractivity contribution in [3.8, 4) is 10.6 Å². The molecule has 0 aliphatic rings. The molecule has 0 spiro atoms. The molecule has 1 N–H and O–H groups in total. The molecule has 0 unspecified atom stereocenters. The molecule has 0 amide bonds. The number of aromatic nitrogens is 1. The number of carboxylic acids is 1. The molecule has 0 radical (unpaired) electrons. The van der Waals surface area contributed by atoms with Gasteiger partial charge >= 0.3 is 5.97 Å². The first-order valence-electron chi connectivity index (χ1n) is 6.07. The monoisotopic (exact) mass is 329 g/mol. The Hall–Kier alpha value is -1.10. The molecule has 106 valence electrons. The number of aromatic carboxylic acids is 1. The Balaban J connectivity index is 2.56. The van der Waals surface area contributed by atoms with Gasteiger partial charge < -0.3 is 5.11 Å². The van der Waals surface area contributed by atoms with Crippen LogP contribution in [0.3, 0.4) is 0 Å². The van der Waals surface area contributed by atoms with Crippen LogP contribution in [-0.4, -0.2) is 16.1 Å². The topological polar surface area (TPSA) is 50.2 Å². The van der Waals surface area contributed by atoms with Crippen molar-refractivity contribution in [3.63, 3.8) is 0 Å². The van der Waals surface area contributed by atoms with E-state index in [0.29, 0.717) is 38.6 Å². The van der Waals surface area contributed by atoms with E-state index in [1.165, 1.54) is 0 Å². The van der Waals surface area contributed by atoms with Gasteiger partial charge in [-0.15, -0.1) is 11.3 Å². The lowest BCUT2D eigenvalue weighted by molar-refractivity contribution is 0.0700. The van der Waals surface area contributed by atoms with Crippen LogP contribution in [0.5, 0.6) is 0 Å². The second-order valence-electron chi connectivity index (χ2n) is 4.79. The Kier molecular flexibility index (Phi) is 4.68. The Labute approximate surface area is 131 Å². The highest BCUT2D eigenvalue weighted by Gasteiger charge is 2.21. The molecular formula is C14H13Cl2NO2S. The molecule has 1 aromatic carbocycles. The summed E-state index contributed by atoms with van der Waals surface area (Å²) in [5, 5.41) is 10.8. The lowest BCUT2D eigenvalue weighted by Crippen LogP contribution is -2.02. The molecular weight excluding hydrogens is 317 g/mol. The largest absolute Gasteiger partial charge is 0.477 e. The summed E-state index contributed by atoms with van der Waals surface area (Å²) >= 11 is 13.4. The third-order valence-corrected chi connectivity index (χ3v) is 4.40. The van der Waals surface area contributed by atoms with Crippen molar-refractivity contribution in [2.75, 3.05) is 0 Å². The SMILES string of the molecule is CC(C)Cc1nc(-c2c(Cl)cccc2Cl)sc1C(=O)O. The van der Waals surface area contributed by atoms with Crippen molar-refractivity contribution in [2.24, 2.45) is 5.92 Å². The summed E-state index contributed by atoms with van der Waals surface area (Å²) in [6.07, 6.45) is 0.611. The number of thiazole rings is 1. The molecule has 0 saturated carbocycles. The van der Waals surface area contributed by atoms with Crippen LogP contribution in [0.4, 0.5) is 0 Å². The van der Waals surface area contributed by atoms with Gasteiger partial charge in [0.2, 0.25) is 0 Å². The van der Waals surface area contributed by atoms with Gasteiger partial charge in [-0.05, 0) is 24.5 Å². The van der Waals surface area contributed by atoms with Crippen LogP contribution in [-0.2, 0) is 6.42 Å². The average molecular weight is 330 g/mol. The Morgan fingerprint density at radius 1 is 1.35 bits per heavy atom. The highest BCUT2D eigenvalue weighted by Crippen LogP contribution is 2.38. The molecule has 0 aliphatic carbocycles. The highest BCUT2D eigenvalue weighted by atomic mass is 35.5. The van der Waals surface area contributed by atoms with E-state index in [1.54, 1.807) is 18.2 Å². The van der Waals surface area contributed by atoms with Crippen LogP contribution < -0.4 is 0 Å². The molecule has 6 heteroatoms. The third-order valence-electron chi connectivity index (χ3n) is 2.67. The maximum atomic E-state index is 11.3. The van der Waals surface area contributed by atoms with E-state index < -0.39 is 5.97 Å². The molecule has 0 aliphatic heterocycles. The Bertz CT molecular complexity index is 632. The molecule has 2 aromatic rings. The van der Waals surface area contributed by atoms with Crippen molar-refractivity contribution >= 4 is 40.5 Å². The first-order valence-corrected chi connectivity index (χ1v) is 7.64. The number of rotatable bonds is 4. The summed E-state index contributed by atoms with van der Waals surface area (Å²) in [6.45, 7) is 4.04. The van der Waals surface area contributed by atoms with Crippen molar-refractivity contribution < 1.29 is 9.90 Å². The van der Waals surface area contributed by atoms with Gasteiger partial charge in [-0.25, -0.2) is 9.78 Å². The maximum Gasteiger partial charge on any atom is 0.347 e. The van der Waals surface area contributed by atoms with Gasteiger partial charge in [-0.3, -0.25) is 0 Å². The average Bonchev–Trinajstić information content (AvgIpc) is 2.71. The Morgan fingerprint density at radius 2 is 1.95 bits per heavy atom. The van der Waals surface area contributed by atoms with E-state index in [1.807, 2.05) is 13.8 Å². The number of benzene rings is 1. The predicted molar refractivity (Wildman–Crippen MR) is 83.1 cm³/mol. The summed E-state index contributed by atoms with van der Waals surface area (Å²) in [5.74, 6) is -0.641. The van der Waals surface area contributed by atoms with Crippen LogP contribution in [0, 0.1) is 5.92 Å². The Morgan fingerprint density at radius 3 is 2.45 bits per heavy atom. The summed E-state index contributed by atoms with van der Waals surface area (Å²) in [5.41, 5.74) is 1.18. The number of carboxylic acid groups (broad SMARTS) is 1. The fraction of sp³-hybridized carbons (Fsp3) is 0.286. The van der Waals surface area contributed by atoms with Crippen molar-refractivity contribution in [3.05, 3.63) is 38.8 Å². The molecule has 3 nitrogen and oxygen atoms in total. The summed E-state index contributed by atoms with van der Waals surface area (Å²) in [6, 6.07) is 5.17. The zero-order chi connectivity index (χ0) is 14.9. The summed E-state index contributed by atoms with van der Waals surface area (Å²) < 4.78 is 0. The van der Waals surface area contributed by atoms with Gasteiger partial charge in [0.25, 0.3) is 0 Å². The van der Waals surface area contributed by atoms with Crippen molar-refractivity contribution in [1.29, 1.82) is 0 Å². The molecule has 1 aromatic heterocycles. The van der Waals surface area contributed by atoms with Gasteiger partial charge in [0.05, 0.1) is 15.7 Å². The van der Waals surface area contributed by atoms with E-state index in [9.17, 15) is 9.90 Å². The van der Waals surface area contributed by atoms with Gasteiger partial charge in [-0.2, -0.15) is 0 Å². The maximum absolute atomic E-state index is 11.3. The second-order valence-corrected chi connectivity index (χ2v) is 6.61. The molecule has 0 atom stereocenters. The van der Waals surface area contributed by atoms with E-state index in [2.05, 4.69) is 4.98 Å². The highest BCUT2D eigenvalue weighted by molar-refractivity contribution is 7.17. The lowest BCUT2D eigenvalue weighted by Gasteiger charge is -2.03. The van der Waals surface area contributed by atoms with Crippen LogP contribution in [0.15, 0.2) is 18.2 Å². The number of nitrogens with zero attached hydrogens (tertiary/aromatic N) is 1. The van der Waals surface area contributed by atoms with E-state index in [0.717, 1.165) is 11.3 Å². The number of halogens is 2. The van der Waals surface area contributed by atoms with Crippen molar-refractivity contribution in [1.82, 2.24) is 4.98 Å².